The summed E-state index contributed by atoms with van der Waals surface area (Å²) in [6.45, 7) is 7.21. The number of hydrogen-bond acceptors (Lipinski definition) is 3. The van der Waals surface area contributed by atoms with Gasteiger partial charge in [-0.05, 0) is 41.8 Å². The van der Waals surface area contributed by atoms with Gasteiger partial charge in [-0.15, -0.1) is 0 Å². The predicted molar refractivity (Wildman–Crippen MR) is 74.1 cm³/mol. The van der Waals surface area contributed by atoms with Gasteiger partial charge in [0.15, 0.2) is 10.4 Å². The van der Waals surface area contributed by atoms with E-state index in [4.69, 9.17) is 9.52 Å². The zero-order chi connectivity index (χ0) is 14.8. The number of carboxylic acids is 1. The van der Waals surface area contributed by atoms with Crippen molar-refractivity contribution in [2.24, 2.45) is 5.92 Å². The van der Waals surface area contributed by atoms with E-state index in [0.29, 0.717) is 10.2 Å². The van der Waals surface area contributed by atoms with Gasteiger partial charge in [-0.1, -0.05) is 13.8 Å². The van der Waals surface area contributed by atoms with E-state index in [9.17, 15) is 9.59 Å². The highest BCUT2D eigenvalue weighted by Crippen LogP contribution is 2.24. The van der Waals surface area contributed by atoms with Crippen LogP contribution in [-0.4, -0.2) is 22.5 Å². The summed E-state index contributed by atoms with van der Waals surface area (Å²) in [5, 5.41) is 11.7. The lowest BCUT2D eigenvalue weighted by Gasteiger charge is -2.33. The molecule has 6 heteroatoms. The van der Waals surface area contributed by atoms with E-state index in [1.807, 2.05) is 13.8 Å². The Morgan fingerprint density at radius 3 is 2.47 bits per heavy atom. The minimum atomic E-state index is -0.950. The van der Waals surface area contributed by atoms with Crippen LogP contribution in [0.3, 0.4) is 0 Å². The molecule has 0 bridgehead atoms. The van der Waals surface area contributed by atoms with Gasteiger partial charge in [-0.3, -0.25) is 9.59 Å². The quantitative estimate of drug-likeness (QED) is 0.869. The van der Waals surface area contributed by atoms with Gasteiger partial charge >= 0.3 is 5.97 Å². The maximum absolute atomic E-state index is 12.2. The molecular formula is C13H18BrNO4. The summed E-state index contributed by atoms with van der Waals surface area (Å²) >= 11 is 3.16. The number of carbonyl (C=O) groups excluding carboxylic acids is 1. The summed E-state index contributed by atoms with van der Waals surface area (Å²) in [5.41, 5.74) is -0.125. The summed E-state index contributed by atoms with van der Waals surface area (Å²) in [6.07, 6.45) is -0.142. The molecule has 1 heterocycles. The third-order valence-corrected chi connectivity index (χ3v) is 3.68. The summed E-state index contributed by atoms with van der Waals surface area (Å²) in [4.78, 5) is 23.1. The number of carbonyl (C=O) groups is 2. The van der Waals surface area contributed by atoms with Gasteiger partial charge in [-0.2, -0.15) is 0 Å². The second kappa shape index (κ2) is 5.77. The van der Waals surface area contributed by atoms with E-state index in [2.05, 4.69) is 21.2 Å². The van der Waals surface area contributed by atoms with Crippen LogP contribution in [-0.2, 0) is 4.79 Å². The fourth-order valence-corrected chi connectivity index (χ4v) is 2.20. The van der Waals surface area contributed by atoms with Crippen LogP contribution in [0.25, 0.3) is 0 Å². The predicted octanol–water partition coefficient (Wildman–Crippen LogP) is 2.97. The highest BCUT2D eigenvalue weighted by molar-refractivity contribution is 9.10. The van der Waals surface area contributed by atoms with Crippen LogP contribution in [0.1, 0.15) is 43.3 Å². The SMILES string of the molecule is Cc1cc(Br)oc1C(=O)NC(C)(CC(=O)O)C(C)C. The summed E-state index contributed by atoms with van der Waals surface area (Å²) in [5.74, 6) is -1.18. The number of aliphatic carboxylic acids is 1. The molecule has 1 aromatic rings. The number of nitrogens with one attached hydrogen (secondary N) is 1. The molecule has 0 radical (unpaired) electrons. The molecule has 106 valence electrons. The molecule has 1 amide bonds. The van der Waals surface area contributed by atoms with Crippen LogP contribution in [0.4, 0.5) is 0 Å². The van der Waals surface area contributed by atoms with Gasteiger partial charge in [0.05, 0.1) is 12.0 Å². The van der Waals surface area contributed by atoms with Crippen LogP contribution in [0.15, 0.2) is 15.2 Å². The van der Waals surface area contributed by atoms with Crippen molar-refractivity contribution in [2.75, 3.05) is 0 Å². The molecule has 0 saturated carbocycles. The van der Waals surface area contributed by atoms with Crippen molar-refractivity contribution in [2.45, 2.75) is 39.7 Å². The molecule has 0 fully saturated rings. The highest BCUT2D eigenvalue weighted by atomic mass is 79.9. The Morgan fingerprint density at radius 1 is 1.53 bits per heavy atom. The van der Waals surface area contributed by atoms with Crippen LogP contribution in [0.5, 0.6) is 0 Å². The third kappa shape index (κ3) is 3.83. The number of carboxylic acid groups (broad SMARTS) is 1. The van der Waals surface area contributed by atoms with E-state index in [-0.39, 0.29) is 18.1 Å². The van der Waals surface area contributed by atoms with Gasteiger partial charge in [0.25, 0.3) is 5.91 Å². The Morgan fingerprint density at radius 2 is 2.11 bits per heavy atom. The fraction of sp³-hybridized carbons (Fsp3) is 0.538. The summed E-state index contributed by atoms with van der Waals surface area (Å²) in [7, 11) is 0. The molecule has 2 N–H and O–H groups in total. The van der Waals surface area contributed by atoms with Gasteiger partial charge < -0.3 is 14.8 Å². The topological polar surface area (TPSA) is 79.5 Å². The largest absolute Gasteiger partial charge is 0.481 e. The molecule has 1 aromatic heterocycles. The number of aryl methyl sites for hydroxylation is 1. The van der Waals surface area contributed by atoms with Crippen molar-refractivity contribution in [3.05, 3.63) is 22.1 Å². The first kappa shape index (κ1) is 15.8. The fourth-order valence-electron chi connectivity index (χ4n) is 1.69. The number of amides is 1. The molecule has 0 saturated heterocycles. The van der Waals surface area contributed by atoms with Gasteiger partial charge in [-0.25, -0.2) is 0 Å². The second-order valence-electron chi connectivity index (χ2n) is 5.16. The Labute approximate surface area is 120 Å². The third-order valence-electron chi connectivity index (χ3n) is 3.29. The molecule has 19 heavy (non-hydrogen) atoms. The molecule has 1 rings (SSSR count). The Balaban J connectivity index is 2.94. The zero-order valence-electron chi connectivity index (χ0n) is 11.4. The molecule has 1 unspecified atom stereocenters. The van der Waals surface area contributed by atoms with Crippen LogP contribution in [0.2, 0.25) is 0 Å². The maximum atomic E-state index is 12.2. The van der Waals surface area contributed by atoms with Gasteiger partial charge in [0.1, 0.15) is 0 Å². The highest BCUT2D eigenvalue weighted by Gasteiger charge is 2.34. The first-order valence-electron chi connectivity index (χ1n) is 5.96. The first-order valence-corrected chi connectivity index (χ1v) is 6.75. The molecule has 1 atom stereocenters. The van der Waals surface area contributed by atoms with Crippen LogP contribution in [0, 0.1) is 12.8 Å². The van der Waals surface area contributed by atoms with E-state index in [0.717, 1.165) is 0 Å². The van der Waals surface area contributed by atoms with Crippen LogP contribution >= 0.6 is 15.9 Å². The lowest BCUT2D eigenvalue weighted by Crippen LogP contribution is -2.51. The van der Waals surface area contributed by atoms with Crippen molar-refractivity contribution >= 4 is 27.8 Å². The Bertz CT molecular complexity index is 495. The number of halogens is 1. The zero-order valence-corrected chi connectivity index (χ0v) is 13.0. The van der Waals surface area contributed by atoms with E-state index in [1.54, 1.807) is 19.9 Å². The lowest BCUT2D eigenvalue weighted by atomic mass is 9.85. The molecule has 0 aliphatic heterocycles. The van der Waals surface area contributed by atoms with E-state index >= 15 is 0 Å². The minimum Gasteiger partial charge on any atom is -0.481 e. The normalized spacial score (nSPS) is 14.2. The average Bonchev–Trinajstić information content (AvgIpc) is 2.56. The van der Waals surface area contributed by atoms with Crippen molar-refractivity contribution in [3.63, 3.8) is 0 Å². The lowest BCUT2D eigenvalue weighted by molar-refractivity contribution is -0.138. The van der Waals surface area contributed by atoms with Crippen molar-refractivity contribution in [1.82, 2.24) is 5.32 Å². The minimum absolute atomic E-state index is 0.0220. The maximum Gasteiger partial charge on any atom is 0.305 e. The molecule has 0 aliphatic rings. The van der Waals surface area contributed by atoms with Gasteiger partial charge in [0, 0.05) is 5.56 Å². The van der Waals surface area contributed by atoms with E-state index in [1.165, 1.54) is 0 Å². The smallest absolute Gasteiger partial charge is 0.305 e. The summed E-state index contributed by atoms with van der Waals surface area (Å²) < 4.78 is 5.74. The van der Waals surface area contributed by atoms with E-state index < -0.39 is 17.4 Å². The molecule has 0 aliphatic carbocycles. The monoisotopic (exact) mass is 331 g/mol. The molecule has 0 aromatic carbocycles. The number of rotatable bonds is 5. The standard InChI is InChI=1S/C13H18BrNO4/c1-7(2)13(4,6-10(16)17)15-12(18)11-8(3)5-9(14)19-11/h5,7H,6H2,1-4H3,(H,15,18)(H,16,17). The van der Waals surface area contributed by atoms with Crippen molar-refractivity contribution in [3.8, 4) is 0 Å². The molecule has 5 nitrogen and oxygen atoms in total. The molecule has 0 spiro atoms. The first-order chi connectivity index (χ1) is 8.65. The second-order valence-corrected chi connectivity index (χ2v) is 5.94. The average molecular weight is 332 g/mol. The number of hydrogen-bond donors (Lipinski definition) is 2. The number of furan rings is 1. The van der Waals surface area contributed by atoms with Crippen molar-refractivity contribution in [1.29, 1.82) is 0 Å². The van der Waals surface area contributed by atoms with Crippen molar-refractivity contribution < 1.29 is 19.1 Å². The van der Waals surface area contributed by atoms with Gasteiger partial charge in [0.2, 0.25) is 0 Å². The Hall–Kier alpha value is -1.30. The molecular weight excluding hydrogens is 314 g/mol. The summed E-state index contributed by atoms with van der Waals surface area (Å²) in [6, 6.07) is 1.69. The van der Waals surface area contributed by atoms with Crippen LogP contribution < -0.4 is 5.32 Å². The Kier molecular flexibility index (Phi) is 4.79.